The van der Waals surface area contributed by atoms with E-state index in [1.54, 1.807) is 19.1 Å². The van der Waals surface area contributed by atoms with Crippen molar-refractivity contribution < 1.29 is 14.1 Å². The van der Waals surface area contributed by atoms with Gasteiger partial charge in [0.15, 0.2) is 11.5 Å². The van der Waals surface area contributed by atoms with Crippen LogP contribution >= 0.6 is 11.6 Å². The summed E-state index contributed by atoms with van der Waals surface area (Å²) in [5, 5.41) is 4.30. The lowest BCUT2D eigenvalue weighted by molar-refractivity contribution is 0.0514. The van der Waals surface area contributed by atoms with Gasteiger partial charge in [-0.2, -0.15) is 0 Å². The van der Waals surface area contributed by atoms with E-state index in [4.69, 9.17) is 20.9 Å². The Morgan fingerprint density at radius 2 is 2.26 bits per heavy atom. The van der Waals surface area contributed by atoms with Crippen molar-refractivity contribution in [3.8, 4) is 0 Å². The standard InChI is InChI=1S/C14H12ClNO3/c1-2-18-14(17)13-9-12(19-16-13)7-6-10-4-3-5-11(15)8-10/h3-9H,2H2,1H3/b7-6-. The molecule has 98 valence electrons. The van der Waals surface area contributed by atoms with Gasteiger partial charge in [-0.1, -0.05) is 35.0 Å². The number of esters is 1. The molecule has 0 N–H and O–H groups in total. The van der Waals surface area contributed by atoms with Crippen LogP contribution in [0.3, 0.4) is 0 Å². The molecule has 19 heavy (non-hydrogen) atoms. The van der Waals surface area contributed by atoms with Crippen LogP contribution < -0.4 is 0 Å². The molecule has 2 aromatic rings. The van der Waals surface area contributed by atoms with Gasteiger partial charge in [0.25, 0.3) is 0 Å². The fourth-order valence-electron chi connectivity index (χ4n) is 1.46. The number of hydrogen-bond donors (Lipinski definition) is 0. The highest BCUT2D eigenvalue weighted by molar-refractivity contribution is 6.30. The van der Waals surface area contributed by atoms with Gasteiger partial charge < -0.3 is 9.26 Å². The van der Waals surface area contributed by atoms with Crippen molar-refractivity contribution in [1.82, 2.24) is 5.16 Å². The molecule has 1 heterocycles. The van der Waals surface area contributed by atoms with Gasteiger partial charge in [0.2, 0.25) is 0 Å². The second-order valence-corrected chi connectivity index (χ2v) is 4.16. The fraction of sp³-hybridized carbons (Fsp3) is 0.143. The smallest absolute Gasteiger partial charge is 0.360 e. The van der Waals surface area contributed by atoms with Crippen LogP contribution in [0.15, 0.2) is 34.9 Å². The Balaban J connectivity index is 2.09. The molecule has 4 nitrogen and oxygen atoms in total. The largest absolute Gasteiger partial charge is 0.461 e. The van der Waals surface area contributed by atoms with Crippen molar-refractivity contribution in [3.05, 3.63) is 52.4 Å². The summed E-state index contributed by atoms with van der Waals surface area (Å²) in [5.41, 5.74) is 1.09. The van der Waals surface area contributed by atoms with Gasteiger partial charge in [-0.15, -0.1) is 0 Å². The third-order valence-corrected chi connectivity index (χ3v) is 2.54. The van der Waals surface area contributed by atoms with Gasteiger partial charge in [0.05, 0.1) is 6.61 Å². The molecule has 0 aliphatic heterocycles. The van der Waals surface area contributed by atoms with E-state index in [9.17, 15) is 4.79 Å². The third-order valence-electron chi connectivity index (χ3n) is 2.30. The maximum absolute atomic E-state index is 11.4. The molecule has 2 rings (SSSR count). The summed E-state index contributed by atoms with van der Waals surface area (Å²) in [6.45, 7) is 2.04. The molecule has 1 aromatic heterocycles. The Kier molecular flexibility index (Phi) is 4.36. The van der Waals surface area contributed by atoms with Crippen LogP contribution in [0.25, 0.3) is 12.2 Å². The highest BCUT2D eigenvalue weighted by Gasteiger charge is 2.11. The molecule has 5 heteroatoms. The van der Waals surface area contributed by atoms with Crippen LogP contribution in [-0.2, 0) is 4.74 Å². The molecule has 0 aliphatic rings. The highest BCUT2D eigenvalue weighted by Crippen LogP contribution is 2.14. The van der Waals surface area contributed by atoms with E-state index in [0.29, 0.717) is 17.4 Å². The van der Waals surface area contributed by atoms with Crippen molar-refractivity contribution in [1.29, 1.82) is 0 Å². The van der Waals surface area contributed by atoms with E-state index in [1.807, 2.05) is 24.3 Å². The normalized spacial score (nSPS) is 10.8. The average Bonchev–Trinajstić information content (AvgIpc) is 2.86. The van der Waals surface area contributed by atoms with Crippen LogP contribution in [0.4, 0.5) is 0 Å². The third kappa shape index (κ3) is 3.69. The monoisotopic (exact) mass is 277 g/mol. The number of halogens is 1. The molecule has 0 unspecified atom stereocenters. The average molecular weight is 278 g/mol. The van der Waals surface area contributed by atoms with Crippen LogP contribution in [-0.4, -0.2) is 17.7 Å². The zero-order chi connectivity index (χ0) is 13.7. The van der Waals surface area contributed by atoms with E-state index in [2.05, 4.69) is 5.16 Å². The number of aromatic nitrogens is 1. The molecule has 0 aliphatic carbocycles. The Labute approximate surface area is 115 Å². The topological polar surface area (TPSA) is 52.3 Å². The first-order chi connectivity index (χ1) is 9.19. The van der Waals surface area contributed by atoms with Crippen molar-refractivity contribution >= 4 is 29.7 Å². The quantitative estimate of drug-likeness (QED) is 0.800. The molecule has 0 amide bonds. The van der Waals surface area contributed by atoms with Gasteiger partial charge in [-0.25, -0.2) is 4.79 Å². The highest BCUT2D eigenvalue weighted by atomic mass is 35.5. The Hall–Kier alpha value is -2.07. The van der Waals surface area contributed by atoms with E-state index in [0.717, 1.165) is 5.56 Å². The van der Waals surface area contributed by atoms with Crippen LogP contribution in [0.5, 0.6) is 0 Å². The van der Waals surface area contributed by atoms with E-state index >= 15 is 0 Å². The summed E-state index contributed by atoms with van der Waals surface area (Å²) in [6.07, 6.45) is 3.53. The number of carbonyl (C=O) groups excluding carboxylic acids is 1. The minimum atomic E-state index is -0.492. The number of hydrogen-bond acceptors (Lipinski definition) is 4. The van der Waals surface area contributed by atoms with Gasteiger partial charge in [-0.3, -0.25) is 0 Å². The van der Waals surface area contributed by atoms with Crippen LogP contribution in [0.1, 0.15) is 28.7 Å². The van der Waals surface area contributed by atoms with Gasteiger partial charge in [0.1, 0.15) is 0 Å². The lowest BCUT2D eigenvalue weighted by atomic mass is 10.2. The molecule has 0 radical (unpaired) electrons. The molecule has 0 saturated carbocycles. The molecular weight excluding hydrogens is 266 g/mol. The predicted molar refractivity (Wildman–Crippen MR) is 72.8 cm³/mol. The van der Waals surface area contributed by atoms with E-state index in [1.165, 1.54) is 6.07 Å². The molecular formula is C14H12ClNO3. The van der Waals surface area contributed by atoms with Gasteiger partial charge in [-0.05, 0) is 30.7 Å². The maximum Gasteiger partial charge on any atom is 0.360 e. The fourth-order valence-corrected chi connectivity index (χ4v) is 1.66. The summed E-state index contributed by atoms with van der Waals surface area (Å²) in [5.74, 6) is -0.0170. The van der Waals surface area contributed by atoms with Gasteiger partial charge in [0, 0.05) is 11.1 Å². The number of nitrogens with zero attached hydrogens (tertiary/aromatic N) is 1. The van der Waals surface area contributed by atoms with Crippen molar-refractivity contribution in [2.45, 2.75) is 6.92 Å². The van der Waals surface area contributed by atoms with Gasteiger partial charge >= 0.3 is 5.97 Å². The lowest BCUT2D eigenvalue weighted by Crippen LogP contribution is -2.04. The molecule has 0 saturated heterocycles. The lowest BCUT2D eigenvalue weighted by Gasteiger charge is -1.94. The molecule has 0 atom stereocenters. The first kappa shape index (κ1) is 13.4. The number of ether oxygens (including phenoxy) is 1. The first-order valence-electron chi connectivity index (χ1n) is 5.76. The SMILES string of the molecule is CCOC(=O)c1cc(/C=C\c2cccc(Cl)c2)on1. The zero-order valence-electron chi connectivity index (χ0n) is 10.3. The summed E-state index contributed by atoms with van der Waals surface area (Å²) in [6, 6.07) is 8.91. The second kappa shape index (κ2) is 6.20. The van der Waals surface area contributed by atoms with E-state index in [-0.39, 0.29) is 5.69 Å². The number of carbonyl (C=O) groups is 1. The minimum Gasteiger partial charge on any atom is -0.461 e. The minimum absolute atomic E-state index is 0.160. The summed E-state index contributed by atoms with van der Waals surface area (Å²) < 4.78 is 9.83. The molecule has 1 aromatic carbocycles. The van der Waals surface area contributed by atoms with Crippen molar-refractivity contribution in [3.63, 3.8) is 0 Å². The van der Waals surface area contributed by atoms with Crippen LogP contribution in [0.2, 0.25) is 5.02 Å². The molecule has 0 fully saturated rings. The predicted octanol–water partition coefficient (Wildman–Crippen LogP) is 3.68. The molecule has 0 spiro atoms. The Morgan fingerprint density at radius 1 is 1.42 bits per heavy atom. The maximum atomic E-state index is 11.4. The summed E-state index contributed by atoms with van der Waals surface area (Å²) in [4.78, 5) is 11.4. The van der Waals surface area contributed by atoms with Crippen molar-refractivity contribution in [2.24, 2.45) is 0 Å². The molecule has 0 bridgehead atoms. The Morgan fingerprint density at radius 3 is 3.00 bits per heavy atom. The van der Waals surface area contributed by atoms with Crippen molar-refractivity contribution in [2.75, 3.05) is 6.61 Å². The zero-order valence-corrected chi connectivity index (χ0v) is 11.1. The Bertz CT molecular complexity index is 604. The number of rotatable bonds is 4. The van der Waals surface area contributed by atoms with E-state index < -0.39 is 5.97 Å². The first-order valence-corrected chi connectivity index (χ1v) is 6.14. The summed E-state index contributed by atoms with van der Waals surface area (Å²) >= 11 is 5.88. The second-order valence-electron chi connectivity index (χ2n) is 3.72. The summed E-state index contributed by atoms with van der Waals surface area (Å²) in [7, 11) is 0. The number of benzene rings is 1. The van der Waals surface area contributed by atoms with Crippen LogP contribution in [0, 0.1) is 0 Å².